The smallest absolute Gasteiger partial charge is 0.305 e. The summed E-state index contributed by atoms with van der Waals surface area (Å²) in [6.07, 6.45) is 2.20. The van der Waals surface area contributed by atoms with Crippen LogP contribution >= 0.6 is 0 Å². The minimum atomic E-state index is -0.595. The molecule has 19 heavy (non-hydrogen) atoms. The zero-order chi connectivity index (χ0) is 13.7. The van der Waals surface area contributed by atoms with Gasteiger partial charge in [0, 0.05) is 12.6 Å². The molecule has 0 bridgehead atoms. The average molecular weight is 261 g/mol. The maximum Gasteiger partial charge on any atom is 0.305 e. The van der Waals surface area contributed by atoms with Gasteiger partial charge in [-0.1, -0.05) is 0 Å². The third-order valence-corrected chi connectivity index (χ3v) is 3.21. The first-order chi connectivity index (χ1) is 9.20. The molecule has 0 aliphatic carbocycles. The van der Waals surface area contributed by atoms with Crippen molar-refractivity contribution < 1.29 is 4.92 Å². The van der Waals surface area contributed by atoms with Crippen molar-refractivity contribution in [3.05, 3.63) is 27.9 Å². The zero-order valence-corrected chi connectivity index (χ0v) is 10.4. The number of hydrogen-bond donors (Lipinski definition) is 2. The summed E-state index contributed by atoms with van der Waals surface area (Å²) in [4.78, 5) is 14.1. The molecule has 2 N–H and O–H groups in total. The van der Waals surface area contributed by atoms with Gasteiger partial charge in [0.25, 0.3) is 0 Å². The molecule has 0 atom stereocenters. The lowest BCUT2D eigenvalue weighted by atomic mass is 9.98. The summed E-state index contributed by atoms with van der Waals surface area (Å²) in [6.45, 7) is 2.81. The molecule has 7 heteroatoms. The number of hydrogen-bond acceptors (Lipinski definition) is 6. The number of nitrogens with one attached hydrogen (secondary N) is 2. The highest BCUT2D eigenvalue weighted by Crippen LogP contribution is 2.19. The highest BCUT2D eigenvalue weighted by molar-refractivity contribution is 5.50. The van der Waals surface area contributed by atoms with Crippen molar-refractivity contribution in [1.29, 1.82) is 5.26 Å². The fourth-order valence-corrected chi connectivity index (χ4v) is 2.11. The van der Waals surface area contributed by atoms with Crippen molar-refractivity contribution in [2.45, 2.75) is 12.8 Å². The topological polar surface area (TPSA) is 104 Å². The highest BCUT2D eigenvalue weighted by Gasteiger charge is 2.16. The van der Waals surface area contributed by atoms with E-state index in [-0.39, 0.29) is 11.4 Å². The predicted octanol–water partition coefficient (Wildman–Crippen LogP) is 1.27. The maximum absolute atomic E-state index is 10.7. The van der Waals surface area contributed by atoms with Gasteiger partial charge in [0.15, 0.2) is 0 Å². The standard InChI is InChI=1S/C12H15N5O2/c13-7-10-11(17(18)19)1-2-12(16-10)15-8-9-3-5-14-6-4-9/h1-2,9,14H,3-6,8H2,(H,15,16). The van der Waals surface area contributed by atoms with Gasteiger partial charge in [-0.25, -0.2) is 4.98 Å². The van der Waals surface area contributed by atoms with Crippen molar-refractivity contribution in [2.24, 2.45) is 5.92 Å². The monoisotopic (exact) mass is 261 g/mol. The number of nitro groups is 1. The molecule has 1 saturated heterocycles. The van der Waals surface area contributed by atoms with Crippen molar-refractivity contribution >= 4 is 11.5 Å². The lowest BCUT2D eigenvalue weighted by Gasteiger charge is -2.22. The van der Waals surface area contributed by atoms with Crippen LogP contribution in [0.5, 0.6) is 0 Å². The van der Waals surface area contributed by atoms with Crippen molar-refractivity contribution in [3.63, 3.8) is 0 Å². The molecule has 0 amide bonds. The fourth-order valence-electron chi connectivity index (χ4n) is 2.11. The predicted molar refractivity (Wildman–Crippen MR) is 69.7 cm³/mol. The van der Waals surface area contributed by atoms with E-state index in [1.165, 1.54) is 6.07 Å². The van der Waals surface area contributed by atoms with Gasteiger partial charge in [-0.3, -0.25) is 10.1 Å². The van der Waals surface area contributed by atoms with Crippen molar-refractivity contribution in [2.75, 3.05) is 25.0 Å². The van der Waals surface area contributed by atoms with Gasteiger partial charge in [0.2, 0.25) is 5.69 Å². The van der Waals surface area contributed by atoms with Gasteiger partial charge in [0.1, 0.15) is 11.9 Å². The summed E-state index contributed by atoms with van der Waals surface area (Å²) in [7, 11) is 0. The van der Waals surface area contributed by atoms with Crippen LogP contribution < -0.4 is 10.6 Å². The van der Waals surface area contributed by atoms with E-state index in [2.05, 4.69) is 15.6 Å². The first-order valence-corrected chi connectivity index (χ1v) is 6.21. The summed E-state index contributed by atoms with van der Waals surface area (Å²) in [6, 6.07) is 4.61. The minimum Gasteiger partial charge on any atom is -0.370 e. The second-order valence-electron chi connectivity index (χ2n) is 4.51. The Balaban J connectivity index is 2.01. The number of anilines is 1. The molecule has 0 saturated carbocycles. The van der Waals surface area contributed by atoms with E-state index in [9.17, 15) is 10.1 Å². The van der Waals surface area contributed by atoms with Gasteiger partial charge < -0.3 is 10.6 Å². The molecule has 2 rings (SSSR count). The molecule has 1 aliphatic rings. The number of aromatic nitrogens is 1. The Morgan fingerprint density at radius 2 is 2.26 bits per heavy atom. The number of nitriles is 1. The summed E-state index contributed by atoms with van der Waals surface area (Å²) >= 11 is 0. The quantitative estimate of drug-likeness (QED) is 0.625. The fraction of sp³-hybridized carbons (Fsp3) is 0.500. The van der Waals surface area contributed by atoms with E-state index in [0.717, 1.165) is 32.5 Å². The average Bonchev–Trinajstić information content (AvgIpc) is 2.45. The Morgan fingerprint density at radius 1 is 1.53 bits per heavy atom. The van der Waals surface area contributed by atoms with Gasteiger partial charge in [0.05, 0.1) is 4.92 Å². The highest BCUT2D eigenvalue weighted by atomic mass is 16.6. The SMILES string of the molecule is N#Cc1nc(NCC2CCNCC2)ccc1[N+](=O)[O-]. The van der Waals surface area contributed by atoms with Crippen LogP contribution in [0.3, 0.4) is 0 Å². The molecule has 7 nitrogen and oxygen atoms in total. The second-order valence-corrected chi connectivity index (χ2v) is 4.51. The molecule has 2 heterocycles. The molecule has 1 fully saturated rings. The molecule has 1 aromatic rings. The van der Waals surface area contributed by atoms with Gasteiger partial charge in [-0.2, -0.15) is 5.26 Å². The third kappa shape index (κ3) is 3.39. The van der Waals surface area contributed by atoms with Crippen LogP contribution in [0.4, 0.5) is 11.5 Å². The van der Waals surface area contributed by atoms with Crippen LogP contribution in [0.1, 0.15) is 18.5 Å². The molecule has 100 valence electrons. The molecule has 0 radical (unpaired) electrons. The Kier molecular flexibility index (Phi) is 4.26. The van der Waals surface area contributed by atoms with E-state index in [4.69, 9.17) is 5.26 Å². The first-order valence-electron chi connectivity index (χ1n) is 6.21. The molecular formula is C12H15N5O2. The Hall–Kier alpha value is -2.20. The Labute approximate surface area is 110 Å². The molecule has 0 spiro atoms. The third-order valence-electron chi connectivity index (χ3n) is 3.21. The van der Waals surface area contributed by atoms with E-state index in [0.29, 0.717) is 11.7 Å². The normalized spacial score (nSPS) is 15.7. The molecule has 1 aromatic heterocycles. The largest absolute Gasteiger partial charge is 0.370 e. The van der Waals surface area contributed by atoms with Crippen LogP contribution in [0.2, 0.25) is 0 Å². The number of nitrogens with zero attached hydrogens (tertiary/aromatic N) is 3. The van der Waals surface area contributed by atoms with Crippen molar-refractivity contribution in [3.8, 4) is 6.07 Å². The lowest BCUT2D eigenvalue weighted by Crippen LogP contribution is -2.31. The lowest BCUT2D eigenvalue weighted by molar-refractivity contribution is -0.385. The van der Waals surface area contributed by atoms with Gasteiger partial charge >= 0.3 is 5.69 Å². The van der Waals surface area contributed by atoms with Gasteiger partial charge in [-0.15, -0.1) is 0 Å². The summed E-state index contributed by atoms with van der Waals surface area (Å²) < 4.78 is 0. The summed E-state index contributed by atoms with van der Waals surface area (Å²) in [5, 5.41) is 26.0. The Morgan fingerprint density at radius 3 is 2.89 bits per heavy atom. The molecule has 0 unspecified atom stereocenters. The number of piperidine rings is 1. The van der Waals surface area contributed by atoms with Crippen LogP contribution in [0.25, 0.3) is 0 Å². The van der Waals surface area contributed by atoms with Gasteiger partial charge in [-0.05, 0) is 37.9 Å². The van der Waals surface area contributed by atoms with Crippen LogP contribution in [-0.2, 0) is 0 Å². The summed E-state index contributed by atoms with van der Waals surface area (Å²) in [5.41, 5.74) is -0.407. The number of rotatable bonds is 4. The number of pyridine rings is 1. The van der Waals surface area contributed by atoms with E-state index < -0.39 is 4.92 Å². The molecule has 0 aromatic carbocycles. The second kappa shape index (κ2) is 6.11. The van der Waals surface area contributed by atoms with E-state index >= 15 is 0 Å². The molecule has 1 aliphatic heterocycles. The minimum absolute atomic E-state index is 0.152. The first kappa shape index (κ1) is 13.2. The van der Waals surface area contributed by atoms with E-state index in [1.54, 1.807) is 12.1 Å². The zero-order valence-electron chi connectivity index (χ0n) is 10.4. The summed E-state index contributed by atoms with van der Waals surface area (Å²) in [5.74, 6) is 1.09. The van der Waals surface area contributed by atoms with E-state index in [1.807, 2.05) is 0 Å². The van der Waals surface area contributed by atoms with Crippen LogP contribution in [0, 0.1) is 27.4 Å². The van der Waals surface area contributed by atoms with Crippen LogP contribution in [0.15, 0.2) is 12.1 Å². The maximum atomic E-state index is 10.7. The van der Waals surface area contributed by atoms with Crippen molar-refractivity contribution in [1.82, 2.24) is 10.3 Å². The Bertz CT molecular complexity index is 505. The molecular weight excluding hydrogens is 246 g/mol. The van der Waals surface area contributed by atoms with Crippen LogP contribution in [-0.4, -0.2) is 29.5 Å².